The van der Waals surface area contributed by atoms with Crippen LogP contribution < -0.4 is 20.7 Å². The highest BCUT2D eigenvalue weighted by Gasteiger charge is 2.16. The second-order valence-electron chi connectivity index (χ2n) is 9.33. The summed E-state index contributed by atoms with van der Waals surface area (Å²) < 4.78 is 6.46. The van der Waals surface area contributed by atoms with Crippen molar-refractivity contribution in [2.24, 2.45) is 0 Å². The summed E-state index contributed by atoms with van der Waals surface area (Å²) in [4.78, 5) is 44.2. The van der Waals surface area contributed by atoms with Crippen molar-refractivity contribution in [3.63, 3.8) is 0 Å². The Kier molecular flexibility index (Phi) is 10.3. The van der Waals surface area contributed by atoms with Crippen molar-refractivity contribution in [1.29, 1.82) is 0 Å². The minimum absolute atomic E-state index is 0.0442. The van der Waals surface area contributed by atoms with Crippen LogP contribution in [0.25, 0.3) is 16.3 Å². The number of amides is 3. The van der Waals surface area contributed by atoms with Gasteiger partial charge in [0.05, 0.1) is 22.6 Å². The van der Waals surface area contributed by atoms with E-state index in [2.05, 4.69) is 20.9 Å². The van der Waals surface area contributed by atoms with E-state index in [-0.39, 0.29) is 17.4 Å². The fourth-order valence-electron chi connectivity index (χ4n) is 4.09. The molecule has 0 aliphatic heterocycles. The fourth-order valence-corrected chi connectivity index (χ4v) is 5.95. The molecule has 5 rings (SSSR count). The predicted octanol–water partition coefficient (Wildman–Crippen LogP) is 7.49. The van der Waals surface area contributed by atoms with Gasteiger partial charge in [-0.15, -0.1) is 11.8 Å². The van der Waals surface area contributed by atoms with Gasteiger partial charge < -0.3 is 20.7 Å². The molecule has 0 aliphatic rings. The Morgan fingerprint density at radius 2 is 1.75 bits per heavy atom. The number of hydrogen-bond donors (Lipinski definition) is 3. The monoisotopic (exact) mass is 642 g/mol. The fraction of sp³-hybridized carbons (Fsp3) is 0.0909. The minimum Gasteiger partial charge on any atom is -0.494 e. The molecule has 0 spiro atoms. The molecule has 0 radical (unpaired) electrons. The summed E-state index contributed by atoms with van der Waals surface area (Å²) in [5, 5.41) is 9.42. The molecule has 0 saturated carbocycles. The zero-order valence-corrected chi connectivity index (χ0v) is 25.9. The zero-order chi connectivity index (χ0) is 30.9. The van der Waals surface area contributed by atoms with Gasteiger partial charge in [-0.1, -0.05) is 59.3 Å². The largest absolute Gasteiger partial charge is 0.494 e. The maximum absolute atomic E-state index is 13.4. The van der Waals surface area contributed by atoms with E-state index < -0.39 is 11.8 Å². The topological polar surface area (TPSA) is 109 Å². The van der Waals surface area contributed by atoms with Crippen molar-refractivity contribution < 1.29 is 19.1 Å². The van der Waals surface area contributed by atoms with E-state index in [0.717, 1.165) is 20.9 Å². The first-order valence-electron chi connectivity index (χ1n) is 13.6. The third-order valence-electron chi connectivity index (χ3n) is 6.07. The number of benzene rings is 4. The lowest BCUT2D eigenvalue weighted by molar-refractivity contribution is -0.114. The maximum Gasteiger partial charge on any atom is 0.272 e. The summed E-state index contributed by atoms with van der Waals surface area (Å²) in [6.07, 6.45) is 1.56. The number of thioether (sulfide) groups is 1. The van der Waals surface area contributed by atoms with Gasteiger partial charge in [0.25, 0.3) is 11.8 Å². The molecule has 11 heteroatoms. The number of nitrogens with zero attached hydrogens (tertiary/aromatic N) is 1. The van der Waals surface area contributed by atoms with E-state index in [1.165, 1.54) is 23.1 Å². The van der Waals surface area contributed by atoms with Crippen LogP contribution in [0.4, 0.5) is 10.8 Å². The molecule has 3 amide bonds. The third-order valence-corrected chi connectivity index (χ3v) is 8.23. The number of thiazole rings is 1. The molecule has 0 fully saturated rings. The van der Waals surface area contributed by atoms with Crippen LogP contribution in [0, 0.1) is 0 Å². The average molecular weight is 643 g/mol. The molecule has 1 heterocycles. The highest BCUT2D eigenvalue weighted by atomic mass is 35.5. The van der Waals surface area contributed by atoms with E-state index in [0.29, 0.717) is 33.6 Å². The van der Waals surface area contributed by atoms with Gasteiger partial charge in [-0.2, -0.15) is 0 Å². The summed E-state index contributed by atoms with van der Waals surface area (Å²) in [6, 6.07) is 28.3. The van der Waals surface area contributed by atoms with Crippen molar-refractivity contribution in [2.45, 2.75) is 11.8 Å². The van der Waals surface area contributed by atoms with Crippen LogP contribution in [0.3, 0.4) is 0 Å². The number of carbonyl (C=O) groups excluding carboxylic acids is 3. The number of hydrogen-bond acceptors (Lipinski definition) is 7. The van der Waals surface area contributed by atoms with Crippen molar-refractivity contribution in [1.82, 2.24) is 10.3 Å². The van der Waals surface area contributed by atoms with E-state index >= 15 is 0 Å². The Morgan fingerprint density at radius 3 is 2.55 bits per heavy atom. The first kappa shape index (κ1) is 30.8. The first-order chi connectivity index (χ1) is 21.4. The maximum atomic E-state index is 13.4. The molecule has 0 aliphatic carbocycles. The number of halogens is 1. The molecule has 44 heavy (non-hydrogen) atoms. The molecular weight excluding hydrogens is 616 g/mol. The Bertz CT molecular complexity index is 1840. The summed E-state index contributed by atoms with van der Waals surface area (Å²) in [7, 11) is 0. The smallest absolute Gasteiger partial charge is 0.272 e. The lowest BCUT2D eigenvalue weighted by Crippen LogP contribution is -2.30. The number of fused-ring (bicyclic) bond motifs is 1. The number of anilines is 2. The van der Waals surface area contributed by atoms with Crippen molar-refractivity contribution >= 4 is 79.5 Å². The molecule has 1 aromatic heterocycles. The Balaban J connectivity index is 1.23. The number of rotatable bonds is 11. The molecule has 5 aromatic rings. The first-order valence-corrected chi connectivity index (χ1v) is 15.8. The molecule has 8 nitrogen and oxygen atoms in total. The molecule has 222 valence electrons. The lowest BCUT2D eigenvalue weighted by atomic mass is 10.1. The highest BCUT2D eigenvalue weighted by Crippen LogP contribution is 2.30. The average Bonchev–Trinajstić information content (AvgIpc) is 3.42. The quantitative estimate of drug-likeness (QED) is 0.102. The number of nitrogens with one attached hydrogen (secondary N) is 3. The van der Waals surface area contributed by atoms with Gasteiger partial charge in [0, 0.05) is 21.2 Å². The summed E-state index contributed by atoms with van der Waals surface area (Å²) in [5.41, 5.74) is 2.39. The molecular formula is C33H27ClN4O4S2. The van der Waals surface area contributed by atoms with Crippen molar-refractivity contribution in [3.05, 3.63) is 119 Å². The molecule has 0 unspecified atom stereocenters. The molecule has 4 aromatic carbocycles. The van der Waals surface area contributed by atoms with Gasteiger partial charge in [0.15, 0.2) is 5.13 Å². The summed E-state index contributed by atoms with van der Waals surface area (Å²) in [6.45, 7) is 2.50. The standard InChI is InChI=1S/C33H27ClN4O4S2/c1-2-42-25-14-15-27-29(19-25)44-33(37-27)38-30(39)20-43-26-13-7-12-24(18-26)35-32(41)28(17-21-8-6-11-23(34)16-21)36-31(40)22-9-4-3-5-10-22/h3-19H,2,20H2,1H3,(H,35,41)(H,36,40)(H,37,38,39)/b28-17-. The molecule has 0 bridgehead atoms. The highest BCUT2D eigenvalue weighted by molar-refractivity contribution is 8.00. The van der Waals surface area contributed by atoms with Crippen LogP contribution in [-0.2, 0) is 9.59 Å². The molecule has 3 N–H and O–H groups in total. The van der Waals surface area contributed by atoms with Crippen molar-refractivity contribution in [3.8, 4) is 5.75 Å². The van der Waals surface area contributed by atoms with Crippen LogP contribution in [0.15, 0.2) is 108 Å². The van der Waals surface area contributed by atoms with E-state index in [1.54, 1.807) is 78.9 Å². The van der Waals surface area contributed by atoms with Crippen LogP contribution in [0.5, 0.6) is 5.75 Å². The Hall–Kier alpha value is -4.64. The van der Waals surface area contributed by atoms with Gasteiger partial charge in [0.2, 0.25) is 5.91 Å². The van der Waals surface area contributed by atoms with Crippen LogP contribution in [0.1, 0.15) is 22.8 Å². The lowest BCUT2D eigenvalue weighted by Gasteiger charge is -2.12. The van der Waals surface area contributed by atoms with Gasteiger partial charge in [-0.05, 0) is 79.2 Å². The Morgan fingerprint density at radius 1 is 0.932 bits per heavy atom. The number of ether oxygens (including phenoxy) is 1. The predicted molar refractivity (Wildman–Crippen MR) is 179 cm³/mol. The Labute approximate surface area is 267 Å². The second-order valence-corrected chi connectivity index (χ2v) is 11.8. The van der Waals surface area contributed by atoms with Crippen LogP contribution >= 0.6 is 34.7 Å². The number of carbonyl (C=O) groups is 3. The van der Waals surface area contributed by atoms with Gasteiger partial charge in [0.1, 0.15) is 11.4 Å². The van der Waals surface area contributed by atoms with Gasteiger partial charge >= 0.3 is 0 Å². The third kappa shape index (κ3) is 8.47. The summed E-state index contributed by atoms with van der Waals surface area (Å²) in [5.74, 6) is -0.242. The normalized spacial score (nSPS) is 11.2. The zero-order valence-electron chi connectivity index (χ0n) is 23.5. The van der Waals surface area contributed by atoms with Crippen LogP contribution in [-0.4, -0.2) is 35.1 Å². The summed E-state index contributed by atoms with van der Waals surface area (Å²) >= 11 is 8.83. The SMILES string of the molecule is CCOc1ccc2nc(NC(=O)CSc3cccc(NC(=O)/C(=C/c4cccc(Cl)c4)NC(=O)c4ccccc4)c3)sc2c1. The second kappa shape index (κ2) is 14.7. The van der Waals surface area contributed by atoms with E-state index in [1.807, 2.05) is 31.2 Å². The molecule has 0 saturated heterocycles. The van der Waals surface area contributed by atoms with E-state index in [4.69, 9.17) is 16.3 Å². The van der Waals surface area contributed by atoms with E-state index in [9.17, 15) is 14.4 Å². The van der Waals surface area contributed by atoms with Crippen LogP contribution in [0.2, 0.25) is 5.02 Å². The van der Waals surface area contributed by atoms with Gasteiger partial charge in [-0.25, -0.2) is 4.98 Å². The van der Waals surface area contributed by atoms with Gasteiger partial charge in [-0.3, -0.25) is 14.4 Å². The molecule has 0 atom stereocenters. The van der Waals surface area contributed by atoms with Crippen molar-refractivity contribution in [2.75, 3.05) is 23.0 Å². The number of aromatic nitrogens is 1. The minimum atomic E-state index is -0.516.